The molecule has 0 bridgehead atoms. The lowest BCUT2D eigenvalue weighted by atomic mass is 10.1. The van der Waals surface area contributed by atoms with Crippen LogP contribution in [0.2, 0.25) is 0 Å². The molecule has 36 heavy (non-hydrogen) atoms. The summed E-state index contributed by atoms with van der Waals surface area (Å²) in [5.74, 6) is 0.333. The largest absolute Gasteiger partial charge is 0.573 e. The second kappa shape index (κ2) is 10.0. The zero-order valence-electron chi connectivity index (χ0n) is 20.1. The Morgan fingerprint density at radius 3 is 2.33 bits per heavy atom. The summed E-state index contributed by atoms with van der Waals surface area (Å²) in [4.78, 5) is 17.2. The Morgan fingerprint density at radius 1 is 1.06 bits per heavy atom. The van der Waals surface area contributed by atoms with Crippen LogP contribution in [0.5, 0.6) is 11.5 Å². The van der Waals surface area contributed by atoms with Gasteiger partial charge in [-0.2, -0.15) is 0 Å². The van der Waals surface area contributed by atoms with Crippen molar-refractivity contribution in [3.05, 3.63) is 71.4 Å². The fourth-order valence-corrected chi connectivity index (χ4v) is 4.62. The number of rotatable bonds is 9. The standard InChI is InChI=1S/C27H26F3NO4S/c1-16-14-21(11-13-23(16)35-26(2,3)25(32)33)36-15-19-8-12-22(31-24(19)18-4-5-18)17-6-9-20(10-7-17)34-27(28,29)30/h6-14,18H,4-5,15H2,1-3H3,(H,32,33). The van der Waals surface area contributed by atoms with Crippen LogP contribution >= 0.6 is 11.8 Å². The number of aromatic nitrogens is 1. The molecule has 2 aromatic carbocycles. The highest BCUT2D eigenvalue weighted by Crippen LogP contribution is 2.43. The van der Waals surface area contributed by atoms with Crippen LogP contribution in [0, 0.1) is 6.92 Å². The van der Waals surface area contributed by atoms with Gasteiger partial charge in [-0.25, -0.2) is 4.79 Å². The third-order valence-corrected chi connectivity index (χ3v) is 6.82. The molecule has 1 aromatic heterocycles. The third kappa shape index (κ3) is 6.51. The van der Waals surface area contributed by atoms with Crippen LogP contribution in [0.1, 0.15) is 49.4 Å². The fraction of sp³-hybridized carbons (Fsp3) is 0.333. The summed E-state index contributed by atoms with van der Waals surface area (Å²) in [5, 5.41) is 9.30. The van der Waals surface area contributed by atoms with Crippen molar-refractivity contribution < 1.29 is 32.5 Å². The van der Waals surface area contributed by atoms with E-state index in [2.05, 4.69) is 4.74 Å². The number of carboxylic acid groups (broad SMARTS) is 1. The topological polar surface area (TPSA) is 68.7 Å². The van der Waals surface area contributed by atoms with Crippen molar-refractivity contribution >= 4 is 17.7 Å². The van der Waals surface area contributed by atoms with Gasteiger partial charge < -0.3 is 14.6 Å². The molecule has 0 atom stereocenters. The Bertz CT molecular complexity index is 1250. The first-order chi connectivity index (χ1) is 16.9. The highest BCUT2D eigenvalue weighted by Gasteiger charge is 2.32. The minimum atomic E-state index is -4.72. The zero-order chi connectivity index (χ0) is 26.1. The molecule has 0 aliphatic heterocycles. The number of thioether (sulfide) groups is 1. The molecule has 0 amide bonds. The molecule has 0 spiro atoms. The molecule has 1 aliphatic carbocycles. The van der Waals surface area contributed by atoms with Crippen molar-refractivity contribution in [2.45, 2.75) is 62.1 Å². The molecular weight excluding hydrogens is 491 g/mol. The van der Waals surface area contributed by atoms with Crippen LogP contribution in [0.25, 0.3) is 11.3 Å². The van der Waals surface area contributed by atoms with Gasteiger partial charge in [-0.15, -0.1) is 24.9 Å². The summed E-state index contributed by atoms with van der Waals surface area (Å²) in [6.45, 7) is 4.91. The molecule has 190 valence electrons. The molecule has 0 unspecified atom stereocenters. The Balaban J connectivity index is 1.47. The van der Waals surface area contributed by atoms with E-state index in [0.717, 1.165) is 40.1 Å². The van der Waals surface area contributed by atoms with Crippen molar-refractivity contribution in [1.82, 2.24) is 4.98 Å². The normalized spacial score (nSPS) is 13.9. The van der Waals surface area contributed by atoms with Crippen molar-refractivity contribution in [2.75, 3.05) is 0 Å². The van der Waals surface area contributed by atoms with Crippen LogP contribution < -0.4 is 9.47 Å². The Kier molecular flexibility index (Phi) is 7.22. The minimum Gasteiger partial charge on any atom is -0.478 e. The summed E-state index contributed by atoms with van der Waals surface area (Å²) in [5.41, 5.74) is 3.10. The highest BCUT2D eigenvalue weighted by atomic mass is 32.2. The van der Waals surface area contributed by atoms with Crippen LogP contribution in [-0.4, -0.2) is 28.0 Å². The number of carbonyl (C=O) groups is 1. The second-order valence-electron chi connectivity index (χ2n) is 9.22. The molecule has 3 aromatic rings. The predicted molar refractivity (Wildman–Crippen MR) is 131 cm³/mol. The van der Waals surface area contributed by atoms with Crippen molar-refractivity contribution in [2.24, 2.45) is 0 Å². The maximum atomic E-state index is 12.4. The number of pyridine rings is 1. The number of nitrogens with zero attached hydrogens (tertiary/aromatic N) is 1. The third-order valence-electron chi connectivity index (χ3n) is 5.78. The summed E-state index contributed by atoms with van der Waals surface area (Å²) >= 11 is 1.65. The van der Waals surface area contributed by atoms with E-state index in [4.69, 9.17) is 9.72 Å². The van der Waals surface area contributed by atoms with E-state index in [1.165, 1.54) is 26.0 Å². The smallest absolute Gasteiger partial charge is 0.478 e. The molecule has 1 saturated carbocycles. The van der Waals surface area contributed by atoms with E-state index < -0.39 is 17.9 Å². The first-order valence-corrected chi connectivity index (χ1v) is 12.4. The van der Waals surface area contributed by atoms with Crippen LogP contribution in [0.3, 0.4) is 0 Å². The molecule has 1 N–H and O–H groups in total. The predicted octanol–water partition coefficient (Wildman–Crippen LogP) is 7.37. The van der Waals surface area contributed by atoms with E-state index in [9.17, 15) is 23.1 Å². The molecule has 0 saturated heterocycles. The lowest BCUT2D eigenvalue weighted by molar-refractivity contribution is -0.274. The number of carboxylic acids is 1. The van der Waals surface area contributed by atoms with Gasteiger partial charge in [0.1, 0.15) is 11.5 Å². The minimum absolute atomic E-state index is 0.264. The Labute approximate surface area is 211 Å². The Hall–Kier alpha value is -3.20. The van der Waals surface area contributed by atoms with Crippen molar-refractivity contribution in [3.8, 4) is 22.8 Å². The maximum absolute atomic E-state index is 12.4. The first-order valence-electron chi connectivity index (χ1n) is 11.4. The molecule has 1 fully saturated rings. The van der Waals surface area contributed by atoms with E-state index >= 15 is 0 Å². The maximum Gasteiger partial charge on any atom is 0.573 e. The van der Waals surface area contributed by atoms with E-state index in [-0.39, 0.29) is 5.75 Å². The number of hydrogen-bond donors (Lipinski definition) is 1. The van der Waals surface area contributed by atoms with Gasteiger partial charge in [0.15, 0.2) is 5.60 Å². The zero-order valence-corrected chi connectivity index (χ0v) is 20.9. The van der Waals surface area contributed by atoms with Gasteiger partial charge in [-0.1, -0.05) is 6.07 Å². The van der Waals surface area contributed by atoms with Crippen molar-refractivity contribution in [3.63, 3.8) is 0 Å². The number of hydrogen-bond acceptors (Lipinski definition) is 5. The molecular formula is C27H26F3NO4S. The number of halogens is 3. The Morgan fingerprint density at radius 2 is 1.75 bits per heavy atom. The van der Waals surface area contributed by atoms with Crippen LogP contribution in [0.4, 0.5) is 13.2 Å². The summed E-state index contributed by atoms with van der Waals surface area (Å²) in [6.07, 6.45) is -2.59. The van der Waals surface area contributed by atoms with Gasteiger partial charge in [0.05, 0.1) is 5.69 Å². The summed E-state index contributed by atoms with van der Waals surface area (Å²) in [7, 11) is 0. The van der Waals surface area contributed by atoms with Gasteiger partial charge >= 0.3 is 12.3 Å². The van der Waals surface area contributed by atoms with Gasteiger partial charge in [0, 0.05) is 27.8 Å². The first kappa shape index (κ1) is 25.9. The molecule has 0 radical (unpaired) electrons. The van der Waals surface area contributed by atoms with Gasteiger partial charge in [0.2, 0.25) is 0 Å². The number of benzene rings is 2. The SMILES string of the molecule is Cc1cc(SCc2ccc(-c3ccc(OC(F)(F)F)cc3)nc2C2CC2)ccc1OC(C)(C)C(=O)O. The average Bonchev–Trinajstić information content (AvgIpc) is 3.64. The number of ether oxygens (including phenoxy) is 2. The quantitative estimate of drug-likeness (QED) is 0.299. The van der Waals surface area contributed by atoms with Gasteiger partial charge in [0.25, 0.3) is 0 Å². The average molecular weight is 518 g/mol. The number of alkyl halides is 3. The van der Waals surface area contributed by atoms with Crippen LogP contribution in [-0.2, 0) is 10.5 Å². The lowest BCUT2D eigenvalue weighted by Crippen LogP contribution is -2.38. The molecule has 1 aliphatic rings. The molecule has 1 heterocycles. The monoisotopic (exact) mass is 517 g/mol. The van der Waals surface area contributed by atoms with Gasteiger partial charge in [-0.05, 0) is 93.3 Å². The number of aliphatic carboxylic acids is 1. The number of aryl methyl sites for hydroxylation is 1. The second-order valence-corrected chi connectivity index (χ2v) is 10.3. The lowest BCUT2D eigenvalue weighted by Gasteiger charge is -2.23. The molecule has 9 heteroatoms. The van der Waals surface area contributed by atoms with Gasteiger partial charge in [-0.3, -0.25) is 4.98 Å². The fourth-order valence-electron chi connectivity index (χ4n) is 3.63. The van der Waals surface area contributed by atoms with E-state index in [1.54, 1.807) is 30.0 Å². The molecule has 4 rings (SSSR count). The van der Waals surface area contributed by atoms with E-state index in [0.29, 0.717) is 23.1 Å². The van der Waals surface area contributed by atoms with Crippen molar-refractivity contribution in [1.29, 1.82) is 0 Å². The highest BCUT2D eigenvalue weighted by molar-refractivity contribution is 7.98. The van der Waals surface area contributed by atoms with E-state index in [1.807, 2.05) is 31.2 Å². The summed E-state index contributed by atoms with van der Waals surface area (Å²) in [6, 6.07) is 15.3. The van der Waals surface area contributed by atoms with Crippen LogP contribution in [0.15, 0.2) is 59.5 Å². The summed E-state index contributed by atoms with van der Waals surface area (Å²) < 4.78 is 46.9. The molecule has 5 nitrogen and oxygen atoms in total.